The van der Waals surface area contributed by atoms with Crippen molar-refractivity contribution < 1.29 is 14.3 Å². The normalized spacial score (nSPS) is 55.9. The van der Waals surface area contributed by atoms with Crippen molar-refractivity contribution in [2.24, 2.45) is 40.4 Å². The molecule has 0 N–H and O–H groups in total. The molecule has 0 aliphatic heterocycles. The fraction of sp³-hybridized carbons (Fsp3) is 0.875. The van der Waals surface area contributed by atoms with Crippen molar-refractivity contribution in [3.63, 3.8) is 0 Å². The molecule has 0 spiro atoms. The average Bonchev–Trinajstić information content (AvgIpc) is 2.82. The summed E-state index contributed by atoms with van der Waals surface area (Å²) in [5, 5.41) is 0. The van der Waals surface area contributed by atoms with E-state index in [1.165, 1.54) is 6.92 Å². The number of hydrogen-bond donors (Lipinski definition) is 0. The van der Waals surface area contributed by atoms with Crippen LogP contribution >= 0.6 is 0 Å². The van der Waals surface area contributed by atoms with Crippen molar-refractivity contribution in [2.45, 2.75) is 46.6 Å². The van der Waals surface area contributed by atoms with Gasteiger partial charge in [0.05, 0.1) is 0 Å². The van der Waals surface area contributed by atoms with Crippen LogP contribution in [0.3, 0.4) is 0 Å². The Balaban J connectivity index is 1.74. The smallest absolute Gasteiger partial charge is 0.302 e. The lowest BCUT2D eigenvalue weighted by atomic mass is 9.71. The molecule has 0 radical (unpaired) electrons. The summed E-state index contributed by atoms with van der Waals surface area (Å²) >= 11 is 0. The molecule has 4 aliphatic rings. The van der Waals surface area contributed by atoms with E-state index in [9.17, 15) is 9.59 Å². The first kappa shape index (κ1) is 11.9. The number of ketones is 1. The highest BCUT2D eigenvalue weighted by Gasteiger charge is 2.81. The average molecular weight is 262 g/mol. The molecule has 3 nitrogen and oxygen atoms in total. The molecule has 0 heterocycles. The minimum Gasteiger partial charge on any atom is -0.462 e. The summed E-state index contributed by atoms with van der Waals surface area (Å²) in [7, 11) is 0. The molecule has 4 aliphatic carbocycles. The Morgan fingerprint density at radius 1 is 1.26 bits per heavy atom. The topological polar surface area (TPSA) is 43.4 Å². The lowest BCUT2D eigenvalue weighted by Crippen LogP contribution is -2.40. The van der Waals surface area contributed by atoms with E-state index in [-0.39, 0.29) is 22.9 Å². The van der Waals surface area contributed by atoms with Gasteiger partial charge in [-0.05, 0) is 29.6 Å². The number of esters is 1. The number of carbonyl (C=O) groups is 2. The van der Waals surface area contributed by atoms with Crippen molar-refractivity contribution in [1.29, 1.82) is 0 Å². The standard InChI is InChI=1S/C16H22O3/c1-7(17)19-14-12-8(5-15(14,2)3)10-11-9(18)6-16(12,4)13(10)11/h8,10-14H,5-6H2,1-4H3/t8?,10-,11+,12+,13-,14-,16+/m1/s1. The lowest BCUT2D eigenvalue weighted by Gasteiger charge is -2.38. The first-order chi connectivity index (χ1) is 8.77. The lowest BCUT2D eigenvalue weighted by molar-refractivity contribution is -0.156. The van der Waals surface area contributed by atoms with Crippen molar-refractivity contribution >= 4 is 11.8 Å². The highest BCUT2D eigenvalue weighted by atomic mass is 16.5. The molecule has 0 saturated heterocycles. The molecule has 4 rings (SSSR count). The van der Waals surface area contributed by atoms with E-state index in [2.05, 4.69) is 20.8 Å². The van der Waals surface area contributed by atoms with Crippen LogP contribution in [0.2, 0.25) is 0 Å². The molecule has 19 heavy (non-hydrogen) atoms. The molecule has 104 valence electrons. The van der Waals surface area contributed by atoms with Gasteiger partial charge in [0.2, 0.25) is 0 Å². The Morgan fingerprint density at radius 3 is 2.58 bits per heavy atom. The van der Waals surface area contributed by atoms with Gasteiger partial charge in [-0.25, -0.2) is 0 Å². The Morgan fingerprint density at radius 2 is 1.95 bits per heavy atom. The summed E-state index contributed by atoms with van der Waals surface area (Å²) in [5.41, 5.74) is 0.158. The van der Waals surface area contributed by atoms with Gasteiger partial charge in [-0.2, -0.15) is 0 Å². The van der Waals surface area contributed by atoms with E-state index in [0.717, 1.165) is 6.42 Å². The van der Waals surface area contributed by atoms with Crippen molar-refractivity contribution in [3.05, 3.63) is 0 Å². The van der Waals surface area contributed by atoms with Crippen LogP contribution in [0.15, 0.2) is 0 Å². The van der Waals surface area contributed by atoms with E-state index in [1.54, 1.807) is 0 Å². The van der Waals surface area contributed by atoms with Gasteiger partial charge in [-0.1, -0.05) is 20.8 Å². The Kier molecular flexibility index (Phi) is 1.93. The van der Waals surface area contributed by atoms with Gasteiger partial charge in [0.25, 0.3) is 0 Å². The highest BCUT2D eigenvalue weighted by molar-refractivity contribution is 5.89. The van der Waals surface area contributed by atoms with Gasteiger partial charge in [0, 0.05) is 30.6 Å². The summed E-state index contributed by atoms with van der Waals surface area (Å²) < 4.78 is 5.71. The van der Waals surface area contributed by atoms with Gasteiger partial charge in [-0.3, -0.25) is 9.59 Å². The SMILES string of the molecule is CC(=O)O[C@@H]1[C@@H]2C(CC1(C)C)[C@@H]1[C@@H]3C(=O)C[C@]2(C)[C@@H]31. The molecular weight excluding hydrogens is 240 g/mol. The summed E-state index contributed by atoms with van der Waals surface area (Å²) in [4.78, 5) is 23.5. The Bertz CT molecular complexity index is 494. The second-order valence-corrected chi connectivity index (χ2v) is 8.19. The number of rotatable bonds is 1. The monoisotopic (exact) mass is 262 g/mol. The first-order valence-electron chi connectivity index (χ1n) is 7.47. The van der Waals surface area contributed by atoms with Crippen molar-refractivity contribution in [3.8, 4) is 0 Å². The van der Waals surface area contributed by atoms with Gasteiger partial charge >= 0.3 is 5.97 Å². The van der Waals surface area contributed by atoms with Gasteiger partial charge < -0.3 is 4.74 Å². The molecular formula is C16H22O3. The van der Waals surface area contributed by atoms with E-state index in [1.807, 2.05) is 0 Å². The van der Waals surface area contributed by atoms with E-state index in [4.69, 9.17) is 4.74 Å². The predicted octanol–water partition coefficient (Wildman–Crippen LogP) is 2.44. The maximum absolute atomic E-state index is 12.1. The molecule has 0 aromatic rings. The number of Topliss-reactive ketones (excluding diaryl/α,β-unsaturated/α-hetero) is 1. The van der Waals surface area contributed by atoms with Crippen LogP contribution in [0, 0.1) is 40.4 Å². The largest absolute Gasteiger partial charge is 0.462 e. The fourth-order valence-corrected chi connectivity index (χ4v) is 6.27. The summed E-state index contributed by atoms with van der Waals surface area (Å²) in [6, 6.07) is 0. The third-order valence-electron chi connectivity index (χ3n) is 6.63. The van der Waals surface area contributed by atoms with E-state index in [0.29, 0.717) is 41.8 Å². The Labute approximate surface area is 114 Å². The van der Waals surface area contributed by atoms with E-state index >= 15 is 0 Å². The first-order valence-corrected chi connectivity index (χ1v) is 7.47. The van der Waals surface area contributed by atoms with Gasteiger partial charge in [-0.15, -0.1) is 0 Å². The second kappa shape index (κ2) is 3.07. The van der Waals surface area contributed by atoms with Crippen LogP contribution in [0.25, 0.3) is 0 Å². The zero-order chi connectivity index (χ0) is 13.7. The summed E-state index contributed by atoms with van der Waals surface area (Å²) in [6.45, 7) is 8.21. The van der Waals surface area contributed by atoms with Crippen LogP contribution < -0.4 is 0 Å². The van der Waals surface area contributed by atoms with Crippen LogP contribution in [0.4, 0.5) is 0 Å². The number of carbonyl (C=O) groups excluding carboxylic acids is 2. The number of hydrogen-bond acceptors (Lipinski definition) is 3. The fourth-order valence-electron chi connectivity index (χ4n) is 6.27. The third kappa shape index (κ3) is 1.20. The number of ether oxygens (including phenoxy) is 1. The molecule has 4 saturated carbocycles. The molecule has 0 aromatic heterocycles. The van der Waals surface area contributed by atoms with Crippen molar-refractivity contribution in [2.75, 3.05) is 0 Å². The quantitative estimate of drug-likeness (QED) is 0.682. The molecule has 1 unspecified atom stereocenters. The molecule has 0 bridgehead atoms. The van der Waals surface area contributed by atoms with Crippen molar-refractivity contribution in [1.82, 2.24) is 0 Å². The molecule has 7 atom stereocenters. The minimum atomic E-state index is -0.177. The minimum absolute atomic E-state index is 0.000602. The van der Waals surface area contributed by atoms with Gasteiger partial charge in [0.1, 0.15) is 11.9 Å². The van der Waals surface area contributed by atoms with Crippen LogP contribution in [0.1, 0.15) is 40.5 Å². The maximum atomic E-state index is 12.1. The Hall–Kier alpha value is -0.860. The molecule has 3 heteroatoms. The van der Waals surface area contributed by atoms with E-state index < -0.39 is 0 Å². The zero-order valence-corrected chi connectivity index (χ0v) is 12.1. The van der Waals surface area contributed by atoms with Crippen LogP contribution in [-0.2, 0) is 14.3 Å². The maximum Gasteiger partial charge on any atom is 0.302 e. The third-order valence-corrected chi connectivity index (χ3v) is 6.63. The molecule has 0 amide bonds. The van der Waals surface area contributed by atoms with Crippen LogP contribution in [0.5, 0.6) is 0 Å². The predicted molar refractivity (Wildman–Crippen MR) is 69.1 cm³/mol. The zero-order valence-electron chi connectivity index (χ0n) is 12.1. The second-order valence-electron chi connectivity index (χ2n) is 8.19. The van der Waals surface area contributed by atoms with Crippen LogP contribution in [-0.4, -0.2) is 17.9 Å². The summed E-state index contributed by atoms with van der Waals surface area (Å²) in [6.07, 6.45) is 1.82. The molecule has 0 aromatic carbocycles. The highest BCUT2D eigenvalue weighted by Crippen LogP contribution is 2.81. The summed E-state index contributed by atoms with van der Waals surface area (Å²) in [5.74, 6) is 2.88. The number of fused-ring (bicyclic) bond motifs is 4. The molecule has 4 fully saturated rings. The van der Waals surface area contributed by atoms with Gasteiger partial charge in [0.15, 0.2) is 0 Å².